The lowest BCUT2D eigenvalue weighted by Crippen LogP contribution is -2.25. The minimum absolute atomic E-state index is 0.173. The van der Waals surface area contributed by atoms with Gasteiger partial charge in [0, 0.05) is 13.1 Å². The minimum Gasteiger partial charge on any atom is -0.369 e. The predicted molar refractivity (Wildman–Crippen MR) is 76.3 cm³/mol. The largest absolute Gasteiger partial charge is 0.369 e. The van der Waals surface area contributed by atoms with Crippen molar-refractivity contribution in [3.05, 3.63) is 17.8 Å². The van der Waals surface area contributed by atoms with Gasteiger partial charge in [-0.2, -0.15) is 0 Å². The average Bonchev–Trinajstić information content (AvgIpc) is 2.41. The fourth-order valence-corrected chi connectivity index (χ4v) is 1.49. The van der Waals surface area contributed by atoms with Gasteiger partial charge < -0.3 is 15.5 Å². The molecule has 6 heteroatoms. The molecule has 0 aliphatic heterocycles. The molecule has 0 unspecified atom stereocenters. The topological polar surface area (TPSA) is 70.2 Å². The molecule has 0 bridgehead atoms. The first-order chi connectivity index (χ1) is 9.13. The summed E-state index contributed by atoms with van der Waals surface area (Å²) in [4.78, 5) is 13.7. The van der Waals surface area contributed by atoms with Gasteiger partial charge in [-0.3, -0.25) is 4.79 Å². The summed E-state index contributed by atoms with van der Waals surface area (Å²) >= 11 is 0. The lowest BCUT2D eigenvalue weighted by molar-refractivity contribution is 0.0947. The van der Waals surface area contributed by atoms with Crippen LogP contribution < -0.4 is 10.6 Å². The Balaban J connectivity index is 2.36. The number of aromatic nitrogens is 2. The minimum atomic E-state index is -0.173. The van der Waals surface area contributed by atoms with E-state index in [1.165, 1.54) is 0 Å². The Labute approximate surface area is 114 Å². The maximum Gasteiger partial charge on any atom is 0.271 e. The van der Waals surface area contributed by atoms with Crippen molar-refractivity contribution in [2.45, 2.75) is 19.8 Å². The zero-order valence-electron chi connectivity index (χ0n) is 11.9. The normalized spacial score (nSPS) is 10.5. The number of amides is 1. The number of nitrogens with one attached hydrogen (secondary N) is 2. The van der Waals surface area contributed by atoms with Crippen LogP contribution in [0.5, 0.6) is 0 Å². The number of carbonyl (C=O) groups excluding carboxylic acids is 1. The maximum atomic E-state index is 11.6. The summed E-state index contributed by atoms with van der Waals surface area (Å²) in [7, 11) is 4.09. The summed E-state index contributed by atoms with van der Waals surface area (Å²) in [6, 6.07) is 3.47. The van der Waals surface area contributed by atoms with Crippen molar-refractivity contribution >= 4 is 11.7 Å². The van der Waals surface area contributed by atoms with E-state index >= 15 is 0 Å². The first-order valence-electron chi connectivity index (χ1n) is 6.64. The predicted octanol–water partition coefficient (Wildman–Crippen LogP) is 0.980. The molecule has 0 aliphatic rings. The molecule has 0 saturated carbocycles. The second-order valence-corrected chi connectivity index (χ2v) is 4.64. The molecule has 19 heavy (non-hydrogen) atoms. The van der Waals surface area contributed by atoms with Gasteiger partial charge in [0.05, 0.1) is 0 Å². The molecule has 0 saturated heterocycles. The van der Waals surface area contributed by atoms with Gasteiger partial charge in [0.25, 0.3) is 5.91 Å². The fourth-order valence-electron chi connectivity index (χ4n) is 1.49. The van der Waals surface area contributed by atoms with Crippen LogP contribution in [0.2, 0.25) is 0 Å². The van der Waals surface area contributed by atoms with Gasteiger partial charge in [-0.1, -0.05) is 6.92 Å². The van der Waals surface area contributed by atoms with E-state index in [9.17, 15) is 4.79 Å². The average molecular weight is 265 g/mol. The molecule has 6 nitrogen and oxygen atoms in total. The molecule has 0 aromatic carbocycles. The molecule has 0 radical (unpaired) electrons. The Morgan fingerprint density at radius 1 is 1.26 bits per heavy atom. The lowest BCUT2D eigenvalue weighted by Gasteiger charge is -2.10. The van der Waals surface area contributed by atoms with Gasteiger partial charge >= 0.3 is 0 Å². The van der Waals surface area contributed by atoms with Crippen molar-refractivity contribution in [3.63, 3.8) is 0 Å². The van der Waals surface area contributed by atoms with Crippen molar-refractivity contribution in [2.75, 3.05) is 39.0 Å². The van der Waals surface area contributed by atoms with Crippen LogP contribution in [0, 0.1) is 0 Å². The lowest BCUT2D eigenvalue weighted by atomic mass is 10.3. The molecule has 0 spiro atoms. The molecule has 1 rings (SSSR count). The Morgan fingerprint density at radius 2 is 2.05 bits per heavy atom. The second kappa shape index (κ2) is 8.42. The number of hydrogen-bond donors (Lipinski definition) is 2. The molecule has 1 aromatic heterocycles. The van der Waals surface area contributed by atoms with Crippen LogP contribution in [0.4, 0.5) is 5.82 Å². The third-order valence-electron chi connectivity index (χ3n) is 2.52. The van der Waals surface area contributed by atoms with Gasteiger partial charge in [0.2, 0.25) is 0 Å². The van der Waals surface area contributed by atoms with Gasteiger partial charge in [0.1, 0.15) is 5.82 Å². The number of rotatable bonds is 8. The molecule has 1 aromatic rings. The van der Waals surface area contributed by atoms with Crippen molar-refractivity contribution in [1.29, 1.82) is 0 Å². The number of nitrogens with zero attached hydrogens (tertiary/aromatic N) is 3. The van der Waals surface area contributed by atoms with Crippen molar-refractivity contribution in [3.8, 4) is 0 Å². The maximum absolute atomic E-state index is 11.6. The zero-order chi connectivity index (χ0) is 14.1. The number of anilines is 1. The number of carbonyl (C=O) groups is 1. The Kier molecular flexibility index (Phi) is 6.81. The molecule has 2 N–H and O–H groups in total. The highest BCUT2D eigenvalue weighted by atomic mass is 16.1. The quantitative estimate of drug-likeness (QED) is 0.686. The molecular formula is C13H23N5O. The summed E-state index contributed by atoms with van der Waals surface area (Å²) in [5, 5.41) is 13.8. The molecular weight excluding hydrogens is 242 g/mol. The van der Waals surface area contributed by atoms with Crippen LogP contribution in [0.1, 0.15) is 30.3 Å². The van der Waals surface area contributed by atoms with E-state index < -0.39 is 0 Å². The van der Waals surface area contributed by atoms with Gasteiger partial charge in [-0.05, 0) is 45.6 Å². The summed E-state index contributed by atoms with van der Waals surface area (Å²) in [5.74, 6) is 0.527. The van der Waals surface area contributed by atoms with Crippen LogP contribution in [0.25, 0.3) is 0 Å². The van der Waals surface area contributed by atoms with Crippen molar-refractivity contribution < 1.29 is 4.79 Å². The third-order valence-corrected chi connectivity index (χ3v) is 2.52. The van der Waals surface area contributed by atoms with E-state index in [0.29, 0.717) is 18.1 Å². The van der Waals surface area contributed by atoms with Crippen LogP contribution in [0.3, 0.4) is 0 Å². The summed E-state index contributed by atoms with van der Waals surface area (Å²) in [6.07, 6.45) is 1.94. The van der Waals surface area contributed by atoms with E-state index in [4.69, 9.17) is 0 Å². The number of hydrogen-bond acceptors (Lipinski definition) is 5. The molecule has 0 aliphatic carbocycles. The zero-order valence-corrected chi connectivity index (χ0v) is 11.9. The van der Waals surface area contributed by atoms with Gasteiger partial charge in [0.15, 0.2) is 5.69 Å². The first kappa shape index (κ1) is 15.4. The van der Waals surface area contributed by atoms with E-state index in [1.807, 2.05) is 21.0 Å². The smallest absolute Gasteiger partial charge is 0.271 e. The fraction of sp³-hybridized carbons (Fsp3) is 0.615. The third kappa shape index (κ3) is 6.15. The van der Waals surface area contributed by atoms with Crippen LogP contribution >= 0.6 is 0 Å². The second-order valence-electron chi connectivity index (χ2n) is 4.64. The summed E-state index contributed by atoms with van der Waals surface area (Å²) in [6.45, 7) is 4.53. The molecule has 0 fully saturated rings. The van der Waals surface area contributed by atoms with Crippen molar-refractivity contribution in [1.82, 2.24) is 20.4 Å². The molecule has 0 atom stereocenters. The summed E-state index contributed by atoms with van der Waals surface area (Å²) < 4.78 is 0. The van der Waals surface area contributed by atoms with Crippen molar-refractivity contribution in [2.24, 2.45) is 0 Å². The van der Waals surface area contributed by atoms with Crippen LogP contribution in [0.15, 0.2) is 12.1 Å². The first-order valence-corrected chi connectivity index (χ1v) is 6.64. The van der Waals surface area contributed by atoms with E-state index in [0.717, 1.165) is 25.9 Å². The van der Waals surface area contributed by atoms with E-state index in [-0.39, 0.29) is 5.91 Å². The van der Waals surface area contributed by atoms with E-state index in [2.05, 4.69) is 25.7 Å². The van der Waals surface area contributed by atoms with Gasteiger partial charge in [-0.15, -0.1) is 10.2 Å². The summed E-state index contributed by atoms with van der Waals surface area (Å²) in [5.41, 5.74) is 0.354. The van der Waals surface area contributed by atoms with Gasteiger partial charge in [-0.25, -0.2) is 0 Å². The standard InChI is InChI=1S/C13H23N5O/c1-4-8-15-13(19)11-6-7-12(17-16-11)14-9-5-10-18(2)3/h6-7H,4-5,8-10H2,1-3H3,(H,14,17)(H,15,19). The Bertz CT molecular complexity index is 377. The Morgan fingerprint density at radius 3 is 2.63 bits per heavy atom. The highest BCUT2D eigenvalue weighted by Gasteiger charge is 2.06. The van der Waals surface area contributed by atoms with E-state index in [1.54, 1.807) is 12.1 Å². The molecule has 1 heterocycles. The molecule has 106 valence electrons. The van der Waals surface area contributed by atoms with Crippen LogP contribution in [-0.4, -0.2) is 54.7 Å². The van der Waals surface area contributed by atoms with Crippen LogP contribution in [-0.2, 0) is 0 Å². The monoisotopic (exact) mass is 265 g/mol. The SMILES string of the molecule is CCCNC(=O)c1ccc(NCCCN(C)C)nn1. The highest BCUT2D eigenvalue weighted by Crippen LogP contribution is 2.02. The molecule has 1 amide bonds. The highest BCUT2D eigenvalue weighted by molar-refractivity contribution is 5.92. The Hall–Kier alpha value is -1.69.